The Balaban J connectivity index is 0. The highest BCUT2D eigenvalue weighted by molar-refractivity contribution is 15.0. The first-order chi connectivity index (χ1) is 7.20. The minimum Gasteiger partial charge on any atom is -0.481 e. The molecule has 0 amide bonds. The second-order valence-electron chi connectivity index (χ2n) is 4.02. The molecule has 7 nitrogen and oxygen atoms in total. The molecule has 0 saturated carbocycles. The highest BCUT2D eigenvalue weighted by Gasteiger charge is 2.24. The molecule has 0 aliphatic carbocycles. The summed E-state index contributed by atoms with van der Waals surface area (Å²) in [7, 11) is 5.41. The molecule has 1 unspecified atom stereocenters. The molecule has 0 bridgehead atoms. The second-order valence-corrected chi connectivity index (χ2v) is 4.02. The highest BCUT2D eigenvalue weighted by Crippen LogP contribution is 2.04. The number of carboxylic acids is 1. The summed E-state index contributed by atoms with van der Waals surface area (Å²) in [5.74, 6) is -1.11. The Morgan fingerprint density at radius 2 is 1.94 bits per heavy atom. The van der Waals surface area contributed by atoms with Crippen LogP contribution in [0.15, 0.2) is 0 Å². The Kier molecular flexibility index (Phi) is 10.6. The molecular formula is C7H15I2N2O5+. The Morgan fingerprint density at radius 3 is 2.19 bits per heavy atom. The van der Waals surface area contributed by atoms with Crippen molar-refractivity contribution in [2.75, 3.05) is 27.7 Å². The molecule has 1 N–H and O–H groups in total. The van der Waals surface area contributed by atoms with Gasteiger partial charge in [-0.3, -0.25) is 4.79 Å². The molecule has 0 spiro atoms. The number of likely N-dealkylation sites (N-methyl/N-ethyl adjacent to an activating group) is 1. The van der Waals surface area contributed by atoms with E-state index in [-0.39, 0.29) is 13.0 Å². The van der Waals surface area contributed by atoms with E-state index in [9.17, 15) is 14.9 Å². The van der Waals surface area contributed by atoms with Gasteiger partial charge in [-0.2, -0.15) is 0 Å². The van der Waals surface area contributed by atoms with E-state index in [4.69, 9.17) is 5.11 Å². The number of carbonyl (C=O) groups is 1. The molecule has 16 heavy (non-hydrogen) atoms. The molecule has 0 aromatic heterocycles. The van der Waals surface area contributed by atoms with E-state index >= 15 is 0 Å². The molecule has 0 aliphatic rings. The van der Waals surface area contributed by atoms with Crippen molar-refractivity contribution in [2.24, 2.45) is 0 Å². The van der Waals surface area contributed by atoms with Gasteiger partial charge in [0.1, 0.15) is 6.54 Å². The van der Waals surface area contributed by atoms with Crippen LogP contribution in [0.3, 0.4) is 0 Å². The highest BCUT2D eigenvalue weighted by atomic mass is 128. The number of quaternary nitrogens is 1. The van der Waals surface area contributed by atoms with E-state index in [1.165, 1.54) is 0 Å². The van der Waals surface area contributed by atoms with Gasteiger partial charge in [-0.25, -0.2) is 0 Å². The van der Waals surface area contributed by atoms with Crippen LogP contribution >= 0.6 is 37.2 Å². The van der Waals surface area contributed by atoms with Crippen LogP contribution in [0.1, 0.15) is 6.42 Å². The van der Waals surface area contributed by atoms with Crippen molar-refractivity contribution in [3.05, 3.63) is 10.1 Å². The van der Waals surface area contributed by atoms with Gasteiger partial charge in [0.15, 0.2) is 6.10 Å². The van der Waals surface area contributed by atoms with Gasteiger partial charge in [-0.05, 0) is 0 Å². The molecule has 0 saturated heterocycles. The zero-order valence-corrected chi connectivity index (χ0v) is 13.5. The summed E-state index contributed by atoms with van der Waals surface area (Å²) in [4.78, 5) is 24.7. The van der Waals surface area contributed by atoms with Gasteiger partial charge in [0, 0.05) is 37.2 Å². The van der Waals surface area contributed by atoms with Crippen molar-refractivity contribution in [1.29, 1.82) is 0 Å². The third-order valence-electron chi connectivity index (χ3n) is 1.39. The van der Waals surface area contributed by atoms with Gasteiger partial charge in [0.2, 0.25) is 0 Å². The lowest BCUT2D eigenvalue weighted by molar-refractivity contribution is -0.885. The first kappa shape index (κ1) is 18.5. The fraction of sp³-hybridized carbons (Fsp3) is 0.857. The molecule has 0 aliphatic heterocycles. The van der Waals surface area contributed by atoms with Crippen molar-refractivity contribution < 1.29 is 24.3 Å². The third-order valence-corrected chi connectivity index (χ3v) is 1.39. The van der Waals surface area contributed by atoms with Gasteiger partial charge >= 0.3 is 5.97 Å². The molecule has 0 fully saturated rings. The maximum atomic E-state index is 10.4. The number of nitrogens with zero attached hydrogens (tertiary/aromatic N) is 2. The van der Waals surface area contributed by atoms with Crippen molar-refractivity contribution in [3.8, 4) is 0 Å². The molecule has 9 heteroatoms. The van der Waals surface area contributed by atoms with E-state index in [0.717, 1.165) is 0 Å². The lowest BCUT2D eigenvalue weighted by Crippen LogP contribution is -2.43. The van der Waals surface area contributed by atoms with Gasteiger partial charge < -0.3 is 14.4 Å². The Labute approximate surface area is 117 Å². The summed E-state index contributed by atoms with van der Waals surface area (Å²) in [6, 6.07) is 0. The van der Waals surface area contributed by atoms with Crippen LogP contribution in [0, 0.1) is 10.1 Å². The third kappa shape index (κ3) is 14.1. The quantitative estimate of drug-likeness (QED) is 0.281. The fourth-order valence-electron chi connectivity index (χ4n) is 1.06. The lowest BCUT2D eigenvalue weighted by atomic mass is 10.2. The number of carboxylic acid groups (broad SMARTS) is 1. The Hall–Kier alpha value is 0.0900. The fourth-order valence-corrected chi connectivity index (χ4v) is 1.06. The van der Waals surface area contributed by atoms with Crippen LogP contribution in [0.25, 0.3) is 0 Å². The molecule has 0 rings (SSSR count). The molecule has 1 atom stereocenters. The lowest BCUT2D eigenvalue weighted by Gasteiger charge is -2.27. The number of halogens is 2. The van der Waals surface area contributed by atoms with Gasteiger partial charge in [-0.15, -0.1) is 10.1 Å². The Morgan fingerprint density at radius 1 is 1.50 bits per heavy atom. The summed E-state index contributed by atoms with van der Waals surface area (Å²) in [6.07, 6.45) is -1.27. The molecule has 0 heterocycles. The Bertz CT molecular complexity index is 215. The van der Waals surface area contributed by atoms with E-state index in [1.54, 1.807) is 21.1 Å². The molecular weight excluding hydrogens is 446 g/mol. The summed E-state index contributed by atoms with van der Waals surface area (Å²) in [5, 5.41) is 17.6. The van der Waals surface area contributed by atoms with Crippen LogP contribution in [-0.4, -0.2) is 54.4 Å². The standard InChI is InChI=1S/C7H14N2O5.I2/c1-9(2,3)5-6(4-7(10)11)14-8(12)13;1-2/h6H,4-5H2,1-3H3;/p+1. The van der Waals surface area contributed by atoms with Crippen molar-refractivity contribution in [3.63, 3.8) is 0 Å². The van der Waals surface area contributed by atoms with E-state index in [0.29, 0.717) is 4.48 Å². The van der Waals surface area contributed by atoms with Crippen LogP contribution in [0.4, 0.5) is 0 Å². The number of hydrogen-bond donors (Lipinski definition) is 1. The topological polar surface area (TPSA) is 89.7 Å². The monoisotopic (exact) mass is 461 g/mol. The van der Waals surface area contributed by atoms with E-state index in [2.05, 4.69) is 42.1 Å². The zero-order valence-electron chi connectivity index (χ0n) is 9.22. The van der Waals surface area contributed by atoms with Gasteiger partial charge in [-0.1, -0.05) is 0 Å². The normalized spacial score (nSPS) is 12.1. The number of rotatable bonds is 6. The minimum absolute atomic E-state index is 0.271. The van der Waals surface area contributed by atoms with Gasteiger partial charge in [0.25, 0.3) is 5.09 Å². The first-order valence-corrected chi connectivity index (χ1v) is 10.5. The number of aliphatic carboxylic acids is 1. The second kappa shape index (κ2) is 9.15. The van der Waals surface area contributed by atoms with Crippen molar-refractivity contribution in [1.82, 2.24) is 0 Å². The van der Waals surface area contributed by atoms with E-state index < -0.39 is 17.2 Å². The molecule has 0 radical (unpaired) electrons. The maximum Gasteiger partial charge on any atom is 0.305 e. The predicted molar refractivity (Wildman–Crippen MR) is 75.1 cm³/mol. The molecule has 0 aromatic carbocycles. The summed E-state index contributed by atoms with van der Waals surface area (Å²) < 4.78 is 0.409. The zero-order chi connectivity index (χ0) is 13.4. The van der Waals surface area contributed by atoms with Crippen molar-refractivity contribution >= 4 is 43.2 Å². The molecule has 96 valence electrons. The summed E-state index contributed by atoms with van der Waals surface area (Å²) in [5.41, 5.74) is 0. The SMILES string of the molecule is C[N+](C)(C)CC(CC(=O)O)O[N+](=O)[O-].II. The van der Waals surface area contributed by atoms with Gasteiger partial charge in [0.05, 0.1) is 27.6 Å². The smallest absolute Gasteiger partial charge is 0.305 e. The van der Waals surface area contributed by atoms with Crippen LogP contribution in [0.2, 0.25) is 0 Å². The average molecular weight is 461 g/mol. The first-order valence-electron chi connectivity index (χ1n) is 4.18. The average Bonchev–Trinajstić information content (AvgIpc) is 2.01. The van der Waals surface area contributed by atoms with Crippen LogP contribution in [0.5, 0.6) is 0 Å². The van der Waals surface area contributed by atoms with Crippen molar-refractivity contribution in [2.45, 2.75) is 12.5 Å². The van der Waals surface area contributed by atoms with E-state index in [1.807, 2.05) is 0 Å². The predicted octanol–water partition coefficient (Wildman–Crippen LogP) is 1.52. The van der Waals surface area contributed by atoms with Crippen LogP contribution < -0.4 is 0 Å². The largest absolute Gasteiger partial charge is 0.481 e. The number of hydrogen-bond acceptors (Lipinski definition) is 4. The maximum absolute atomic E-state index is 10.4. The summed E-state index contributed by atoms with van der Waals surface area (Å²) >= 11 is 4.24. The minimum atomic E-state index is -1.11. The van der Waals surface area contributed by atoms with Crippen LogP contribution in [-0.2, 0) is 9.63 Å². The molecule has 0 aromatic rings. The summed E-state index contributed by atoms with van der Waals surface area (Å²) in [6.45, 7) is 0.271.